The molecule has 0 aromatic heterocycles. The Morgan fingerprint density at radius 3 is 2.57 bits per heavy atom. The molecule has 2 unspecified atom stereocenters. The molecule has 1 aromatic rings. The number of ether oxygens (including phenoxy) is 2. The third kappa shape index (κ3) is 3.35. The molecule has 2 saturated heterocycles. The predicted octanol–water partition coefficient (Wildman–Crippen LogP) is 2.72. The first-order valence-corrected chi connectivity index (χ1v) is 7.54. The average Bonchev–Trinajstić information content (AvgIpc) is 2.45. The Balaban J connectivity index is 1.83. The molecule has 7 heteroatoms. The highest BCUT2D eigenvalue weighted by Gasteiger charge is 2.40. The molecule has 0 spiro atoms. The molecule has 23 heavy (non-hydrogen) atoms. The normalized spacial score (nSPS) is 28.0. The van der Waals surface area contributed by atoms with Crippen LogP contribution in [-0.2, 0) is 4.74 Å². The number of hydrogen-bond acceptors (Lipinski definition) is 4. The minimum absolute atomic E-state index is 0.0141. The number of carbonyl (C=O) groups is 1. The van der Waals surface area contributed by atoms with Crippen LogP contribution in [0.5, 0.6) is 5.75 Å². The van der Waals surface area contributed by atoms with Gasteiger partial charge < -0.3 is 9.47 Å². The molecule has 0 aliphatic carbocycles. The van der Waals surface area contributed by atoms with Gasteiger partial charge in [0.15, 0.2) is 5.78 Å². The standard InChI is InChI=1S/C16H18F3NO3/c1-20-11-4-9(5-12(20)8-22-7-11)15(21)13-3-2-10(17)6-14(13)23-16(18)19/h2-3,6,9,11-12,16H,4-5,7-8H2,1H3. The minimum Gasteiger partial charge on any atom is -0.434 e. The van der Waals surface area contributed by atoms with Crippen molar-refractivity contribution in [2.24, 2.45) is 5.92 Å². The van der Waals surface area contributed by atoms with Crippen molar-refractivity contribution in [2.45, 2.75) is 31.5 Å². The number of benzene rings is 1. The number of likely N-dealkylation sites (N-methyl/N-ethyl adjacent to an activating group) is 1. The van der Waals surface area contributed by atoms with Crippen LogP contribution >= 0.6 is 0 Å². The molecule has 126 valence electrons. The topological polar surface area (TPSA) is 38.8 Å². The molecule has 2 aliphatic heterocycles. The smallest absolute Gasteiger partial charge is 0.387 e. The van der Waals surface area contributed by atoms with Crippen LogP contribution in [0, 0.1) is 11.7 Å². The minimum atomic E-state index is -3.10. The molecule has 1 aromatic carbocycles. The van der Waals surface area contributed by atoms with E-state index >= 15 is 0 Å². The van der Waals surface area contributed by atoms with Crippen LogP contribution in [0.15, 0.2) is 18.2 Å². The Bertz CT molecular complexity index is 582. The summed E-state index contributed by atoms with van der Waals surface area (Å²) in [6.45, 7) is -1.99. The number of alkyl halides is 2. The lowest BCUT2D eigenvalue weighted by Gasteiger charge is -2.46. The average molecular weight is 329 g/mol. The molecule has 0 amide bonds. The quantitative estimate of drug-likeness (QED) is 0.796. The van der Waals surface area contributed by atoms with Crippen LogP contribution in [0.2, 0.25) is 0 Å². The fourth-order valence-electron chi connectivity index (χ4n) is 3.42. The van der Waals surface area contributed by atoms with Crippen LogP contribution in [-0.4, -0.2) is 49.6 Å². The molecule has 4 nitrogen and oxygen atoms in total. The number of halogens is 3. The number of morpholine rings is 1. The van der Waals surface area contributed by atoms with Crippen LogP contribution in [0.1, 0.15) is 23.2 Å². The first-order valence-electron chi connectivity index (χ1n) is 7.54. The Hall–Kier alpha value is -1.60. The van der Waals surface area contributed by atoms with Gasteiger partial charge in [0.05, 0.1) is 18.8 Å². The number of ketones is 1. The fourth-order valence-corrected chi connectivity index (χ4v) is 3.42. The molecule has 0 saturated carbocycles. The van der Waals surface area contributed by atoms with Gasteiger partial charge in [-0.05, 0) is 32.0 Å². The van der Waals surface area contributed by atoms with Crippen molar-refractivity contribution < 1.29 is 27.4 Å². The van der Waals surface area contributed by atoms with Crippen molar-refractivity contribution in [3.8, 4) is 5.75 Å². The summed E-state index contributed by atoms with van der Waals surface area (Å²) in [5.74, 6) is -1.68. The first kappa shape index (κ1) is 16.3. The number of rotatable bonds is 4. The zero-order chi connectivity index (χ0) is 16.6. The van der Waals surface area contributed by atoms with E-state index in [2.05, 4.69) is 9.64 Å². The van der Waals surface area contributed by atoms with Gasteiger partial charge in [-0.15, -0.1) is 0 Å². The summed E-state index contributed by atoms with van der Waals surface area (Å²) in [7, 11) is 2.00. The first-order chi connectivity index (χ1) is 11.0. The molecule has 0 radical (unpaired) electrons. The van der Waals surface area contributed by atoms with E-state index in [-0.39, 0.29) is 29.3 Å². The molecular formula is C16H18F3NO3. The summed E-state index contributed by atoms with van der Waals surface area (Å²) >= 11 is 0. The molecule has 2 aliphatic rings. The van der Waals surface area contributed by atoms with Gasteiger partial charge in [0.1, 0.15) is 11.6 Å². The Morgan fingerprint density at radius 1 is 1.30 bits per heavy atom. The predicted molar refractivity (Wildman–Crippen MR) is 76.2 cm³/mol. The fraction of sp³-hybridized carbons (Fsp3) is 0.562. The van der Waals surface area contributed by atoms with Gasteiger partial charge in [-0.1, -0.05) is 0 Å². The van der Waals surface area contributed by atoms with Gasteiger partial charge in [0, 0.05) is 24.1 Å². The largest absolute Gasteiger partial charge is 0.434 e. The molecule has 3 rings (SSSR count). The lowest BCUT2D eigenvalue weighted by Crippen LogP contribution is -2.55. The van der Waals surface area contributed by atoms with Gasteiger partial charge in [-0.2, -0.15) is 8.78 Å². The zero-order valence-electron chi connectivity index (χ0n) is 12.7. The number of hydrogen-bond donors (Lipinski definition) is 0. The maximum absolute atomic E-state index is 13.3. The van der Waals surface area contributed by atoms with E-state index in [0.717, 1.165) is 12.1 Å². The SMILES string of the molecule is CN1C2COCC1CC(C(=O)c1ccc(F)cc1OC(F)F)C2. The van der Waals surface area contributed by atoms with Gasteiger partial charge in [0.25, 0.3) is 0 Å². The molecule has 2 atom stereocenters. The van der Waals surface area contributed by atoms with E-state index in [1.54, 1.807) is 0 Å². The summed E-state index contributed by atoms with van der Waals surface area (Å²) in [4.78, 5) is 14.9. The molecule has 2 heterocycles. The van der Waals surface area contributed by atoms with Gasteiger partial charge >= 0.3 is 6.61 Å². The summed E-state index contributed by atoms with van der Waals surface area (Å²) in [5, 5.41) is 0. The van der Waals surface area contributed by atoms with Gasteiger partial charge in [-0.3, -0.25) is 9.69 Å². The second-order valence-electron chi connectivity index (χ2n) is 6.06. The highest BCUT2D eigenvalue weighted by molar-refractivity contribution is 6.00. The van der Waals surface area contributed by atoms with E-state index in [4.69, 9.17) is 4.74 Å². The van der Waals surface area contributed by atoms with E-state index in [1.807, 2.05) is 7.05 Å². The second-order valence-corrected chi connectivity index (χ2v) is 6.06. The lowest BCUT2D eigenvalue weighted by molar-refractivity contribution is -0.0704. The molecule has 0 N–H and O–H groups in total. The monoisotopic (exact) mass is 329 g/mol. The van der Waals surface area contributed by atoms with Crippen molar-refractivity contribution in [1.82, 2.24) is 4.90 Å². The Morgan fingerprint density at radius 2 is 1.96 bits per heavy atom. The number of piperidine rings is 1. The summed E-state index contributed by atoms with van der Waals surface area (Å²) in [6.07, 6.45) is 1.19. The van der Waals surface area contributed by atoms with Crippen LogP contribution in [0.4, 0.5) is 13.2 Å². The zero-order valence-corrected chi connectivity index (χ0v) is 12.7. The maximum Gasteiger partial charge on any atom is 0.387 e. The highest BCUT2D eigenvalue weighted by Crippen LogP contribution is 2.34. The van der Waals surface area contributed by atoms with E-state index in [9.17, 15) is 18.0 Å². The molecule has 2 bridgehead atoms. The van der Waals surface area contributed by atoms with Crippen LogP contribution in [0.3, 0.4) is 0 Å². The van der Waals surface area contributed by atoms with Crippen LogP contribution < -0.4 is 4.74 Å². The Labute approximate surface area is 132 Å². The maximum atomic E-state index is 13.3. The van der Waals surface area contributed by atoms with Crippen LogP contribution in [0.25, 0.3) is 0 Å². The van der Waals surface area contributed by atoms with E-state index < -0.39 is 18.2 Å². The molecule has 2 fully saturated rings. The lowest BCUT2D eigenvalue weighted by atomic mass is 9.81. The third-order valence-electron chi connectivity index (χ3n) is 4.68. The van der Waals surface area contributed by atoms with Crippen molar-refractivity contribution >= 4 is 5.78 Å². The van der Waals surface area contributed by atoms with Crippen molar-refractivity contribution in [3.05, 3.63) is 29.6 Å². The summed E-state index contributed by atoms with van der Waals surface area (Å²) in [5.41, 5.74) is 0.0141. The van der Waals surface area contributed by atoms with Crippen molar-refractivity contribution in [1.29, 1.82) is 0 Å². The Kier molecular flexibility index (Phi) is 4.59. The van der Waals surface area contributed by atoms with Crippen molar-refractivity contribution in [2.75, 3.05) is 20.3 Å². The van der Waals surface area contributed by atoms with Crippen molar-refractivity contribution in [3.63, 3.8) is 0 Å². The summed E-state index contributed by atoms with van der Waals surface area (Å²) in [6, 6.07) is 3.41. The van der Waals surface area contributed by atoms with E-state index in [0.29, 0.717) is 26.1 Å². The second kappa shape index (κ2) is 6.49. The molecular weight excluding hydrogens is 311 g/mol. The number of carbonyl (C=O) groups excluding carboxylic acids is 1. The van der Waals surface area contributed by atoms with Gasteiger partial charge in [-0.25, -0.2) is 4.39 Å². The number of nitrogens with zero attached hydrogens (tertiary/aromatic N) is 1. The number of fused-ring (bicyclic) bond motifs is 2. The third-order valence-corrected chi connectivity index (χ3v) is 4.68. The van der Waals surface area contributed by atoms with E-state index in [1.165, 1.54) is 6.07 Å². The highest BCUT2D eigenvalue weighted by atomic mass is 19.3. The summed E-state index contributed by atoms with van der Waals surface area (Å²) < 4.78 is 48.1. The van der Waals surface area contributed by atoms with Gasteiger partial charge in [0.2, 0.25) is 0 Å². The number of Topliss-reactive ketones (excluding diaryl/α,β-unsaturated/α-hetero) is 1.